The fraction of sp³-hybridized carbons (Fsp3) is 0.818. The lowest BCUT2D eigenvalue weighted by Gasteiger charge is -2.16. The van der Waals surface area contributed by atoms with Gasteiger partial charge in [-0.15, -0.1) is 0 Å². The Morgan fingerprint density at radius 3 is 1.45 bits per heavy atom. The second kappa shape index (κ2) is 23.9. The van der Waals surface area contributed by atoms with Gasteiger partial charge < -0.3 is 4.74 Å². The van der Waals surface area contributed by atoms with E-state index in [9.17, 15) is 13.0 Å². The van der Waals surface area contributed by atoms with Crippen LogP contribution in [0, 0.1) is 6.92 Å². The molecule has 222 valence electrons. The number of aryl methyl sites for hydroxylation is 1. The Kier molecular flexibility index (Phi) is 22.1. The van der Waals surface area contributed by atoms with E-state index in [0.29, 0.717) is 6.42 Å². The van der Waals surface area contributed by atoms with Crippen molar-refractivity contribution in [2.45, 2.75) is 160 Å². The van der Waals surface area contributed by atoms with Gasteiger partial charge in [0.1, 0.15) is 5.25 Å². The Balaban J connectivity index is 1.84. The SMILES string of the molecule is CCCCCCCCCCCCCCCCOCCCCCCCCCC(c1ccccc1C)S(=O)(=O)O. The van der Waals surface area contributed by atoms with Crippen LogP contribution in [-0.4, -0.2) is 26.2 Å². The summed E-state index contributed by atoms with van der Waals surface area (Å²) < 4.78 is 39.3. The van der Waals surface area contributed by atoms with Gasteiger partial charge >= 0.3 is 0 Å². The summed E-state index contributed by atoms with van der Waals surface area (Å²) >= 11 is 0. The predicted molar refractivity (Wildman–Crippen MR) is 164 cm³/mol. The van der Waals surface area contributed by atoms with Gasteiger partial charge in [-0.25, -0.2) is 0 Å². The fourth-order valence-electron chi connectivity index (χ4n) is 5.33. The quantitative estimate of drug-likeness (QED) is 0.0870. The molecule has 4 nitrogen and oxygen atoms in total. The molecule has 0 aliphatic heterocycles. The maximum absolute atomic E-state index is 11.9. The van der Waals surface area contributed by atoms with E-state index >= 15 is 0 Å². The highest BCUT2D eigenvalue weighted by Gasteiger charge is 2.25. The average Bonchev–Trinajstić information content (AvgIpc) is 2.89. The molecule has 0 radical (unpaired) electrons. The van der Waals surface area contributed by atoms with Crippen molar-refractivity contribution in [1.82, 2.24) is 0 Å². The molecule has 1 aromatic carbocycles. The van der Waals surface area contributed by atoms with Crippen LogP contribution in [0.3, 0.4) is 0 Å². The molecular formula is C33H60O4S. The molecule has 0 aromatic heterocycles. The predicted octanol–water partition coefficient (Wildman–Crippen LogP) is 10.5. The molecule has 0 fully saturated rings. The number of hydrogen-bond donors (Lipinski definition) is 1. The molecule has 5 heteroatoms. The zero-order valence-corrected chi connectivity index (χ0v) is 25.8. The van der Waals surface area contributed by atoms with Gasteiger partial charge in [0.15, 0.2) is 0 Å². The van der Waals surface area contributed by atoms with E-state index in [1.165, 1.54) is 109 Å². The molecule has 1 unspecified atom stereocenters. The maximum atomic E-state index is 11.9. The van der Waals surface area contributed by atoms with Crippen molar-refractivity contribution in [3.05, 3.63) is 35.4 Å². The van der Waals surface area contributed by atoms with E-state index in [1.807, 2.05) is 31.2 Å². The monoisotopic (exact) mass is 552 g/mol. The standard InChI is InChI=1S/C33H60O4S/c1-3-4-5-6-7-8-9-10-11-12-13-16-19-24-29-37-30-25-20-17-14-15-18-21-28-33(38(34,35)36)32-27-23-22-26-31(32)2/h22-23,26-27,33H,3-21,24-25,28-30H2,1-2H3,(H,34,35,36). The lowest BCUT2D eigenvalue weighted by Crippen LogP contribution is -2.13. The first-order valence-electron chi connectivity index (χ1n) is 16.1. The highest BCUT2D eigenvalue weighted by molar-refractivity contribution is 7.86. The Bertz CT molecular complexity index is 762. The molecular weight excluding hydrogens is 492 g/mol. The van der Waals surface area contributed by atoms with Crippen LogP contribution in [0.1, 0.15) is 165 Å². The average molecular weight is 553 g/mol. The van der Waals surface area contributed by atoms with Crippen molar-refractivity contribution in [2.75, 3.05) is 13.2 Å². The van der Waals surface area contributed by atoms with Crippen molar-refractivity contribution in [3.63, 3.8) is 0 Å². The van der Waals surface area contributed by atoms with Gasteiger partial charge in [-0.2, -0.15) is 8.42 Å². The van der Waals surface area contributed by atoms with Crippen LogP contribution < -0.4 is 0 Å². The number of unbranched alkanes of at least 4 members (excludes halogenated alkanes) is 19. The van der Waals surface area contributed by atoms with Gasteiger partial charge in [0.25, 0.3) is 10.1 Å². The number of hydrogen-bond acceptors (Lipinski definition) is 3. The van der Waals surface area contributed by atoms with Gasteiger partial charge in [-0.05, 0) is 37.3 Å². The number of benzene rings is 1. The highest BCUT2D eigenvalue weighted by Crippen LogP contribution is 2.30. The maximum Gasteiger partial charge on any atom is 0.271 e. The topological polar surface area (TPSA) is 63.6 Å². The van der Waals surface area contributed by atoms with Crippen LogP contribution in [0.15, 0.2) is 24.3 Å². The molecule has 0 amide bonds. The molecule has 1 rings (SSSR count). The molecule has 1 aromatic rings. The normalized spacial score (nSPS) is 12.7. The van der Waals surface area contributed by atoms with Gasteiger partial charge in [-0.1, -0.05) is 153 Å². The van der Waals surface area contributed by atoms with E-state index in [0.717, 1.165) is 50.0 Å². The minimum absolute atomic E-state index is 0.483. The minimum Gasteiger partial charge on any atom is -0.381 e. The van der Waals surface area contributed by atoms with Gasteiger partial charge in [0, 0.05) is 13.2 Å². The fourth-order valence-corrected chi connectivity index (χ4v) is 6.38. The summed E-state index contributed by atoms with van der Waals surface area (Å²) in [6.07, 6.45) is 27.6. The third kappa shape index (κ3) is 19.2. The summed E-state index contributed by atoms with van der Waals surface area (Å²) in [5.74, 6) is 0. The van der Waals surface area contributed by atoms with Crippen molar-refractivity contribution in [3.8, 4) is 0 Å². The second-order valence-corrected chi connectivity index (χ2v) is 12.9. The molecule has 0 bridgehead atoms. The first-order valence-corrected chi connectivity index (χ1v) is 17.6. The van der Waals surface area contributed by atoms with Gasteiger partial charge in [-0.3, -0.25) is 4.55 Å². The van der Waals surface area contributed by atoms with Crippen LogP contribution in [0.2, 0.25) is 0 Å². The molecule has 0 aliphatic carbocycles. The van der Waals surface area contributed by atoms with Crippen molar-refractivity contribution in [2.24, 2.45) is 0 Å². The smallest absolute Gasteiger partial charge is 0.271 e. The van der Waals surface area contributed by atoms with Crippen molar-refractivity contribution >= 4 is 10.1 Å². The summed E-state index contributed by atoms with van der Waals surface area (Å²) in [4.78, 5) is 0. The third-order valence-corrected chi connectivity index (χ3v) is 9.00. The first-order chi connectivity index (χ1) is 18.5. The Morgan fingerprint density at radius 2 is 1.03 bits per heavy atom. The Morgan fingerprint density at radius 1 is 0.632 bits per heavy atom. The Hall–Kier alpha value is -0.910. The van der Waals surface area contributed by atoms with E-state index in [4.69, 9.17) is 4.74 Å². The zero-order chi connectivity index (χ0) is 27.7. The van der Waals surface area contributed by atoms with E-state index < -0.39 is 15.4 Å². The highest BCUT2D eigenvalue weighted by atomic mass is 32.2. The third-order valence-electron chi connectivity index (χ3n) is 7.79. The second-order valence-electron chi connectivity index (χ2n) is 11.3. The number of rotatable bonds is 27. The molecule has 38 heavy (non-hydrogen) atoms. The summed E-state index contributed by atoms with van der Waals surface area (Å²) in [6, 6.07) is 7.45. The largest absolute Gasteiger partial charge is 0.381 e. The number of ether oxygens (including phenoxy) is 1. The molecule has 0 heterocycles. The molecule has 0 spiro atoms. The van der Waals surface area contributed by atoms with Crippen LogP contribution in [0.25, 0.3) is 0 Å². The summed E-state index contributed by atoms with van der Waals surface area (Å²) in [6.45, 7) is 5.97. The zero-order valence-electron chi connectivity index (χ0n) is 24.9. The lowest BCUT2D eigenvalue weighted by atomic mass is 10.0. The minimum atomic E-state index is -4.08. The van der Waals surface area contributed by atoms with Gasteiger partial charge in [0.2, 0.25) is 0 Å². The van der Waals surface area contributed by atoms with Crippen LogP contribution in [-0.2, 0) is 14.9 Å². The lowest BCUT2D eigenvalue weighted by molar-refractivity contribution is 0.125. The molecule has 0 aliphatic rings. The summed E-state index contributed by atoms with van der Waals surface area (Å²) in [5.41, 5.74) is 1.64. The van der Waals surface area contributed by atoms with E-state index in [-0.39, 0.29) is 0 Å². The summed E-state index contributed by atoms with van der Waals surface area (Å²) in [5, 5.41) is -0.805. The molecule has 1 atom stereocenters. The molecule has 1 N–H and O–H groups in total. The van der Waals surface area contributed by atoms with E-state index in [2.05, 4.69) is 6.92 Å². The van der Waals surface area contributed by atoms with Crippen LogP contribution >= 0.6 is 0 Å². The van der Waals surface area contributed by atoms with Crippen molar-refractivity contribution in [1.29, 1.82) is 0 Å². The van der Waals surface area contributed by atoms with Crippen molar-refractivity contribution < 1.29 is 17.7 Å². The summed E-state index contributed by atoms with van der Waals surface area (Å²) in [7, 11) is -4.08. The van der Waals surface area contributed by atoms with Crippen LogP contribution in [0.4, 0.5) is 0 Å². The van der Waals surface area contributed by atoms with E-state index in [1.54, 1.807) is 0 Å². The molecule has 0 saturated heterocycles. The molecule has 0 saturated carbocycles. The Labute approximate surface area is 236 Å². The van der Waals surface area contributed by atoms with Crippen LogP contribution in [0.5, 0.6) is 0 Å². The van der Waals surface area contributed by atoms with Gasteiger partial charge in [0.05, 0.1) is 0 Å². The first kappa shape index (κ1) is 35.1.